The second-order valence-electron chi connectivity index (χ2n) is 5.05. The number of carbonyl (C=O) groups is 2. The molecule has 1 atom stereocenters. The second kappa shape index (κ2) is 7.78. The van der Waals surface area contributed by atoms with E-state index in [4.69, 9.17) is 9.47 Å². The van der Waals surface area contributed by atoms with E-state index in [2.05, 4.69) is 10.6 Å². The normalized spacial score (nSPS) is 13.7. The Hall–Kier alpha value is -1.56. The molecule has 0 saturated carbocycles. The molecule has 0 aliphatic carbocycles. The molecule has 0 unspecified atom stereocenters. The summed E-state index contributed by atoms with van der Waals surface area (Å²) >= 11 is 0. The molecule has 0 radical (unpaired) electrons. The lowest BCUT2D eigenvalue weighted by Gasteiger charge is -2.29. The Kier molecular flexibility index (Phi) is 7.14. The van der Waals surface area contributed by atoms with Gasteiger partial charge in [-0.15, -0.1) is 0 Å². The molecule has 0 fully saturated rings. The quantitative estimate of drug-likeness (QED) is 0.323. The average molecular weight is 272 g/mol. The molecule has 0 aliphatic rings. The first-order chi connectivity index (χ1) is 8.77. The molecule has 6 heteroatoms. The molecule has 0 aromatic carbocycles. The van der Waals surface area contributed by atoms with E-state index in [1.165, 1.54) is 13.2 Å². The van der Waals surface area contributed by atoms with Crippen molar-refractivity contribution in [1.29, 1.82) is 0 Å². The van der Waals surface area contributed by atoms with Crippen LogP contribution in [0.3, 0.4) is 0 Å². The van der Waals surface area contributed by atoms with Crippen molar-refractivity contribution in [1.82, 2.24) is 10.6 Å². The molecule has 0 saturated heterocycles. The van der Waals surface area contributed by atoms with Crippen LogP contribution >= 0.6 is 0 Å². The minimum atomic E-state index is -0.568. The lowest BCUT2D eigenvalue weighted by Crippen LogP contribution is -2.51. The number of allylic oxidation sites excluding steroid dienone is 1. The number of amides is 1. The van der Waals surface area contributed by atoms with Gasteiger partial charge in [0.15, 0.2) is 5.76 Å². The first-order valence-corrected chi connectivity index (χ1v) is 6.10. The monoisotopic (exact) mass is 272 g/mol. The van der Waals surface area contributed by atoms with E-state index in [1.54, 1.807) is 14.0 Å². The van der Waals surface area contributed by atoms with E-state index < -0.39 is 12.0 Å². The summed E-state index contributed by atoms with van der Waals surface area (Å²) in [4.78, 5) is 23.3. The first kappa shape index (κ1) is 17.4. The number of esters is 1. The number of ether oxygens (including phenoxy) is 2. The minimum Gasteiger partial charge on any atom is -0.490 e. The van der Waals surface area contributed by atoms with Gasteiger partial charge in [-0.05, 0) is 18.4 Å². The number of likely N-dealkylation sites (N-methyl/N-ethyl adjacent to an activating group) is 1. The lowest BCUT2D eigenvalue weighted by molar-refractivity contribution is -0.144. The van der Waals surface area contributed by atoms with Crippen LogP contribution in [0.2, 0.25) is 0 Å². The summed E-state index contributed by atoms with van der Waals surface area (Å²) in [6, 6.07) is -0.457. The number of hydrogen-bond donors (Lipinski definition) is 2. The summed E-state index contributed by atoms with van der Waals surface area (Å²) in [5.41, 5.74) is -0.294. The fourth-order valence-corrected chi connectivity index (χ4v) is 1.52. The van der Waals surface area contributed by atoms with E-state index in [9.17, 15) is 9.59 Å². The van der Waals surface area contributed by atoms with Gasteiger partial charge in [0.05, 0.1) is 13.2 Å². The van der Waals surface area contributed by atoms with Gasteiger partial charge in [-0.1, -0.05) is 20.8 Å². The van der Waals surface area contributed by atoms with Crippen LogP contribution in [0.25, 0.3) is 0 Å². The standard InChI is InChI=1S/C13H24N2O4/c1-7-9(18-6)12(17)19-8-15-10(11(16)14-5)13(2,3)4/h7,10,15H,8H2,1-6H3,(H,14,16)/b9-7+/t10-/m1/s1. The number of rotatable bonds is 6. The molecule has 19 heavy (non-hydrogen) atoms. The number of methoxy groups -OCH3 is 1. The molecule has 110 valence electrons. The Bertz CT molecular complexity index is 345. The van der Waals surface area contributed by atoms with Crippen LogP contribution < -0.4 is 10.6 Å². The third kappa shape index (κ3) is 5.74. The van der Waals surface area contributed by atoms with Crippen LogP contribution in [0.4, 0.5) is 0 Å². The van der Waals surface area contributed by atoms with Crippen molar-refractivity contribution < 1.29 is 19.1 Å². The van der Waals surface area contributed by atoms with Crippen LogP contribution in [-0.2, 0) is 19.1 Å². The SMILES string of the molecule is C/C=C(/OC)C(=O)OCN[C@H](C(=O)NC)C(C)(C)C. The molecule has 6 nitrogen and oxygen atoms in total. The zero-order valence-corrected chi connectivity index (χ0v) is 12.5. The molecular weight excluding hydrogens is 248 g/mol. The van der Waals surface area contributed by atoms with Crippen molar-refractivity contribution in [3.05, 3.63) is 11.8 Å². The highest BCUT2D eigenvalue weighted by atomic mass is 16.6. The van der Waals surface area contributed by atoms with Gasteiger partial charge in [-0.25, -0.2) is 4.79 Å². The van der Waals surface area contributed by atoms with Crippen LogP contribution in [-0.4, -0.2) is 38.8 Å². The van der Waals surface area contributed by atoms with Gasteiger partial charge >= 0.3 is 5.97 Å². The van der Waals surface area contributed by atoms with Crippen molar-refractivity contribution in [2.45, 2.75) is 33.7 Å². The third-order valence-corrected chi connectivity index (χ3v) is 2.55. The Morgan fingerprint density at radius 2 is 1.89 bits per heavy atom. The van der Waals surface area contributed by atoms with E-state index in [0.29, 0.717) is 0 Å². The Balaban J connectivity index is 4.44. The highest BCUT2D eigenvalue weighted by molar-refractivity contribution is 5.86. The molecule has 0 aromatic rings. The molecule has 0 aromatic heterocycles. The van der Waals surface area contributed by atoms with Crippen LogP contribution in [0.5, 0.6) is 0 Å². The summed E-state index contributed by atoms with van der Waals surface area (Å²) in [5.74, 6) is -0.585. The molecule has 0 heterocycles. The van der Waals surface area contributed by atoms with Gasteiger partial charge < -0.3 is 14.8 Å². The van der Waals surface area contributed by atoms with E-state index >= 15 is 0 Å². The van der Waals surface area contributed by atoms with Crippen molar-refractivity contribution in [2.75, 3.05) is 20.9 Å². The number of nitrogens with one attached hydrogen (secondary N) is 2. The maximum absolute atomic E-state index is 11.7. The van der Waals surface area contributed by atoms with Gasteiger partial charge in [0.2, 0.25) is 5.91 Å². The highest BCUT2D eigenvalue weighted by Gasteiger charge is 2.30. The summed E-state index contributed by atoms with van der Waals surface area (Å²) in [7, 11) is 2.96. The Morgan fingerprint density at radius 1 is 1.32 bits per heavy atom. The summed E-state index contributed by atoms with van der Waals surface area (Å²) < 4.78 is 9.82. The second-order valence-corrected chi connectivity index (χ2v) is 5.05. The maximum Gasteiger partial charge on any atom is 0.374 e. The molecule has 1 amide bonds. The van der Waals surface area contributed by atoms with Crippen molar-refractivity contribution in [3.63, 3.8) is 0 Å². The van der Waals surface area contributed by atoms with Gasteiger partial charge in [0.25, 0.3) is 0 Å². The molecule has 0 rings (SSSR count). The lowest BCUT2D eigenvalue weighted by atomic mass is 9.86. The smallest absolute Gasteiger partial charge is 0.374 e. The van der Waals surface area contributed by atoms with Crippen molar-refractivity contribution in [2.24, 2.45) is 5.41 Å². The fraction of sp³-hybridized carbons (Fsp3) is 0.692. The molecule has 0 bridgehead atoms. The third-order valence-electron chi connectivity index (χ3n) is 2.55. The van der Waals surface area contributed by atoms with E-state index in [0.717, 1.165) is 0 Å². The first-order valence-electron chi connectivity index (χ1n) is 6.10. The molecule has 0 aliphatic heterocycles. The van der Waals surface area contributed by atoms with Crippen molar-refractivity contribution >= 4 is 11.9 Å². The summed E-state index contributed by atoms with van der Waals surface area (Å²) in [6.07, 6.45) is 1.52. The van der Waals surface area contributed by atoms with Gasteiger partial charge in [0, 0.05) is 7.05 Å². The Labute approximate surface area is 114 Å². The number of carbonyl (C=O) groups excluding carboxylic acids is 2. The average Bonchev–Trinajstić information content (AvgIpc) is 2.33. The van der Waals surface area contributed by atoms with Gasteiger partial charge in [-0.3, -0.25) is 10.1 Å². The topological polar surface area (TPSA) is 76.7 Å². The molecule has 2 N–H and O–H groups in total. The van der Waals surface area contributed by atoms with Gasteiger partial charge in [0.1, 0.15) is 6.73 Å². The summed E-state index contributed by atoms with van der Waals surface area (Å²) in [5, 5.41) is 5.48. The van der Waals surface area contributed by atoms with E-state index in [1.807, 2.05) is 20.8 Å². The van der Waals surface area contributed by atoms with E-state index in [-0.39, 0.29) is 23.8 Å². The fourth-order valence-electron chi connectivity index (χ4n) is 1.52. The molecule has 0 spiro atoms. The zero-order valence-electron chi connectivity index (χ0n) is 12.5. The zero-order chi connectivity index (χ0) is 15.1. The molecular formula is C13H24N2O4. The summed E-state index contributed by atoms with van der Waals surface area (Å²) in [6.45, 7) is 7.39. The van der Waals surface area contributed by atoms with Crippen LogP contribution in [0.1, 0.15) is 27.7 Å². The largest absolute Gasteiger partial charge is 0.490 e. The Morgan fingerprint density at radius 3 is 2.26 bits per heavy atom. The van der Waals surface area contributed by atoms with Crippen molar-refractivity contribution in [3.8, 4) is 0 Å². The highest BCUT2D eigenvalue weighted by Crippen LogP contribution is 2.19. The predicted molar refractivity (Wildman–Crippen MR) is 72.2 cm³/mol. The van der Waals surface area contributed by atoms with Crippen LogP contribution in [0.15, 0.2) is 11.8 Å². The maximum atomic E-state index is 11.7. The predicted octanol–water partition coefficient (Wildman–Crippen LogP) is 0.788. The minimum absolute atomic E-state index is 0.0606. The number of hydrogen-bond acceptors (Lipinski definition) is 5. The van der Waals surface area contributed by atoms with Crippen LogP contribution in [0, 0.1) is 5.41 Å². The van der Waals surface area contributed by atoms with Gasteiger partial charge in [-0.2, -0.15) is 0 Å².